The Morgan fingerprint density at radius 2 is 2.13 bits per heavy atom. The Morgan fingerprint density at radius 3 is 2.73 bits per heavy atom. The van der Waals surface area contributed by atoms with Crippen molar-refractivity contribution in [3.8, 4) is 0 Å². The molecule has 1 fully saturated rings. The van der Waals surface area contributed by atoms with Crippen molar-refractivity contribution in [2.45, 2.75) is 19.8 Å². The molecule has 0 spiro atoms. The molecule has 1 rings (SSSR count). The molecule has 1 unspecified atom stereocenters. The SMILES string of the molecule is CCS(=O)CCNC(=O)C1CCNCC1. The molecule has 1 aliphatic rings. The first kappa shape index (κ1) is 12.6. The molecule has 1 saturated heterocycles. The average Bonchev–Trinajstić information content (AvgIpc) is 2.29. The predicted octanol–water partition coefficient (Wildman–Crippen LogP) is -0.129. The Balaban J connectivity index is 2.14. The summed E-state index contributed by atoms with van der Waals surface area (Å²) in [7, 11) is -0.775. The minimum absolute atomic E-state index is 0.129. The Labute approximate surface area is 93.7 Å². The fourth-order valence-electron chi connectivity index (χ4n) is 1.66. The molecule has 0 saturated carbocycles. The maximum Gasteiger partial charge on any atom is 0.223 e. The van der Waals surface area contributed by atoms with Crippen molar-refractivity contribution in [2.75, 3.05) is 31.1 Å². The molecule has 88 valence electrons. The van der Waals surface area contributed by atoms with E-state index < -0.39 is 10.8 Å². The second-order valence-corrected chi connectivity index (χ2v) is 5.61. The lowest BCUT2D eigenvalue weighted by Crippen LogP contribution is -2.39. The standard InChI is InChI=1S/C10H20N2O2S/c1-2-15(14)8-7-12-10(13)9-3-5-11-6-4-9/h9,11H,2-8H2,1H3,(H,12,13). The highest BCUT2D eigenvalue weighted by atomic mass is 32.2. The summed E-state index contributed by atoms with van der Waals surface area (Å²) in [5, 5.41) is 6.08. The third-order valence-corrected chi connectivity index (χ3v) is 3.96. The second-order valence-electron chi connectivity index (χ2n) is 3.75. The normalized spacial score (nSPS) is 19.8. The second kappa shape index (κ2) is 6.95. The summed E-state index contributed by atoms with van der Waals surface area (Å²) in [5.74, 6) is 1.53. The maximum atomic E-state index is 11.6. The van der Waals surface area contributed by atoms with Gasteiger partial charge in [0.2, 0.25) is 5.91 Å². The smallest absolute Gasteiger partial charge is 0.223 e. The molecule has 0 aromatic carbocycles. The lowest BCUT2D eigenvalue weighted by Gasteiger charge is -2.21. The number of amides is 1. The van der Waals surface area contributed by atoms with Crippen LogP contribution in [0.4, 0.5) is 0 Å². The van der Waals surface area contributed by atoms with Gasteiger partial charge in [-0.3, -0.25) is 9.00 Å². The minimum Gasteiger partial charge on any atom is -0.355 e. The van der Waals surface area contributed by atoms with Crippen LogP contribution >= 0.6 is 0 Å². The van der Waals surface area contributed by atoms with Crippen molar-refractivity contribution in [1.82, 2.24) is 10.6 Å². The van der Waals surface area contributed by atoms with Gasteiger partial charge in [0.1, 0.15) is 0 Å². The summed E-state index contributed by atoms with van der Waals surface area (Å²) in [5.41, 5.74) is 0. The van der Waals surface area contributed by atoms with Crippen molar-refractivity contribution in [3.63, 3.8) is 0 Å². The van der Waals surface area contributed by atoms with Gasteiger partial charge >= 0.3 is 0 Å². The van der Waals surface area contributed by atoms with Crippen LogP contribution in [-0.2, 0) is 15.6 Å². The van der Waals surface area contributed by atoms with Gasteiger partial charge in [0, 0.05) is 34.8 Å². The Hall–Kier alpha value is -0.420. The summed E-state index contributed by atoms with van der Waals surface area (Å²) in [6.07, 6.45) is 1.84. The molecular formula is C10H20N2O2S. The van der Waals surface area contributed by atoms with Crippen LogP contribution in [0.1, 0.15) is 19.8 Å². The highest BCUT2D eigenvalue weighted by molar-refractivity contribution is 7.84. The van der Waals surface area contributed by atoms with Gasteiger partial charge in [-0.25, -0.2) is 0 Å². The van der Waals surface area contributed by atoms with Gasteiger partial charge in [0.25, 0.3) is 0 Å². The van der Waals surface area contributed by atoms with E-state index >= 15 is 0 Å². The summed E-state index contributed by atoms with van der Waals surface area (Å²) < 4.78 is 11.1. The van der Waals surface area contributed by atoms with Crippen LogP contribution in [0.2, 0.25) is 0 Å². The number of rotatable bonds is 5. The molecule has 1 aliphatic heterocycles. The molecule has 0 bridgehead atoms. The van der Waals surface area contributed by atoms with Gasteiger partial charge < -0.3 is 10.6 Å². The first-order valence-corrected chi connectivity index (χ1v) is 7.06. The number of nitrogens with one attached hydrogen (secondary N) is 2. The summed E-state index contributed by atoms with van der Waals surface area (Å²) in [4.78, 5) is 11.6. The number of hydrogen-bond acceptors (Lipinski definition) is 3. The third-order valence-electron chi connectivity index (χ3n) is 2.66. The molecule has 0 aromatic rings. The Kier molecular flexibility index (Phi) is 5.86. The van der Waals surface area contributed by atoms with E-state index in [1.54, 1.807) is 0 Å². The quantitative estimate of drug-likeness (QED) is 0.694. The van der Waals surface area contributed by atoms with Gasteiger partial charge in [-0.2, -0.15) is 0 Å². The molecule has 15 heavy (non-hydrogen) atoms. The molecule has 1 atom stereocenters. The van der Waals surface area contributed by atoms with E-state index in [1.807, 2.05) is 6.92 Å². The van der Waals surface area contributed by atoms with Crippen molar-refractivity contribution in [2.24, 2.45) is 5.92 Å². The van der Waals surface area contributed by atoms with Crippen LogP contribution < -0.4 is 10.6 Å². The fourth-order valence-corrected chi connectivity index (χ4v) is 2.28. The molecule has 2 N–H and O–H groups in total. The molecule has 5 heteroatoms. The minimum atomic E-state index is -0.775. The van der Waals surface area contributed by atoms with Crippen LogP contribution in [0.25, 0.3) is 0 Å². The van der Waals surface area contributed by atoms with Gasteiger partial charge in [-0.15, -0.1) is 0 Å². The molecular weight excluding hydrogens is 212 g/mol. The molecule has 1 amide bonds. The Bertz CT molecular complexity index is 227. The van der Waals surface area contributed by atoms with Gasteiger partial charge in [-0.1, -0.05) is 6.92 Å². The zero-order valence-corrected chi connectivity index (χ0v) is 10.1. The molecule has 1 heterocycles. The Morgan fingerprint density at radius 1 is 1.47 bits per heavy atom. The monoisotopic (exact) mass is 232 g/mol. The highest BCUT2D eigenvalue weighted by Crippen LogP contribution is 2.10. The van der Waals surface area contributed by atoms with E-state index in [0.717, 1.165) is 25.9 Å². The summed E-state index contributed by atoms with van der Waals surface area (Å²) in [6.45, 7) is 4.30. The number of carbonyl (C=O) groups excluding carboxylic acids is 1. The predicted molar refractivity (Wildman–Crippen MR) is 62.2 cm³/mol. The summed E-state index contributed by atoms with van der Waals surface area (Å²) in [6, 6.07) is 0. The zero-order valence-electron chi connectivity index (χ0n) is 9.25. The molecule has 0 radical (unpaired) electrons. The average molecular weight is 232 g/mol. The molecule has 4 nitrogen and oxygen atoms in total. The zero-order chi connectivity index (χ0) is 11.1. The van der Waals surface area contributed by atoms with Crippen LogP contribution in [0.5, 0.6) is 0 Å². The first-order chi connectivity index (χ1) is 7.24. The number of carbonyl (C=O) groups is 1. The van der Waals surface area contributed by atoms with E-state index in [0.29, 0.717) is 18.1 Å². The van der Waals surface area contributed by atoms with E-state index in [1.165, 1.54) is 0 Å². The number of hydrogen-bond donors (Lipinski definition) is 2. The van der Waals surface area contributed by atoms with Crippen LogP contribution in [0.3, 0.4) is 0 Å². The topological polar surface area (TPSA) is 58.2 Å². The fraction of sp³-hybridized carbons (Fsp3) is 0.900. The van der Waals surface area contributed by atoms with E-state index in [-0.39, 0.29) is 11.8 Å². The number of piperidine rings is 1. The summed E-state index contributed by atoms with van der Waals surface area (Å²) >= 11 is 0. The van der Waals surface area contributed by atoms with Crippen molar-refractivity contribution < 1.29 is 9.00 Å². The lowest BCUT2D eigenvalue weighted by molar-refractivity contribution is -0.125. The van der Waals surface area contributed by atoms with Crippen molar-refractivity contribution >= 4 is 16.7 Å². The van der Waals surface area contributed by atoms with Gasteiger partial charge in [0.05, 0.1) is 0 Å². The van der Waals surface area contributed by atoms with E-state index in [9.17, 15) is 9.00 Å². The van der Waals surface area contributed by atoms with Gasteiger partial charge in [-0.05, 0) is 25.9 Å². The van der Waals surface area contributed by atoms with Crippen molar-refractivity contribution in [3.05, 3.63) is 0 Å². The molecule has 0 aromatic heterocycles. The van der Waals surface area contributed by atoms with Gasteiger partial charge in [0.15, 0.2) is 0 Å². The third kappa shape index (κ3) is 4.75. The first-order valence-electron chi connectivity index (χ1n) is 5.57. The lowest BCUT2D eigenvalue weighted by atomic mass is 9.97. The maximum absolute atomic E-state index is 11.6. The van der Waals surface area contributed by atoms with Crippen LogP contribution in [0, 0.1) is 5.92 Å². The highest BCUT2D eigenvalue weighted by Gasteiger charge is 2.20. The van der Waals surface area contributed by atoms with Crippen LogP contribution in [-0.4, -0.2) is 41.3 Å². The van der Waals surface area contributed by atoms with E-state index in [2.05, 4.69) is 10.6 Å². The molecule has 0 aliphatic carbocycles. The van der Waals surface area contributed by atoms with E-state index in [4.69, 9.17) is 0 Å². The van der Waals surface area contributed by atoms with Crippen LogP contribution in [0.15, 0.2) is 0 Å². The largest absolute Gasteiger partial charge is 0.355 e. The van der Waals surface area contributed by atoms with Crippen molar-refractivity contribution in [1.29, 1.82) is 0 Å².